The van der Waals surface area contributed by atoms with E-state index in [9.17, 15) is 14.7 Å². The van der Waals surface area contributed by atoms with Crippen molar-refractivity contribution in [3.05, 3.63) is 28.2 Å². The van der Waals surface area contributed by atoms with E-state index in [0.717, 1.165) is 6.42 Å². The van der Waals surface area contributed by atoms with Gasteiger partial charge in [0.05, 0.1) is 16.1 Å². The number of amides is 2. The molecule has 0 bridgehead atoms. The standard InChI is InChI=1S/C13H16Cl2N2O3/c1-2-3-9(18)7-16-12(19)13(20)17-8-4-5-10(14)11(15)6-8/h4-6,9,18H,2-3,7H2,1H3,(H,16,19)(H,17,20). The molecule has 0 saturated carbocycles. The maximum Gasteiger partial charge on any atom is 0.313 e. The van der Waals surface area contributed by atoms with Gasteiger partial charge in [0.25, 0.3) is 0 Å². The Morgan fingerprint density at radius 3 is 2.55 bits per heavy atom. The monoisotopic (exact) mass is 318 g/mol. The molecule has 0 aliphatic heterocycles. The van der Waals surface area contributed by atoms with Gasteiger partial charge < -0.3 is 15.7 Å². The van der Waals surface area contributed by atoms with Gasteiger partial charge in [-0.3, -0.25) is 9.59 Å². The molecule has 0 spiro atoms. The van der Waals surface area contributed by atoms with Gasteiger partial charge >= 0.3 is 11.8 Å². The fraction of sp³-hybridized carbons (Fsp3) is 0.385. The van der Waals surface area contributed by atoms with Crippen LogP contribution < -0.4 is 10.6 Å². The zero-order chi connectivity index (χ0) is 15.1. The summed E-state index contributed by atoms with van der Waals surface area (Å²) < 4.78 is 0. The van der Waals surface area contributed by atoms with Crippen molar-refractivity contribution >= 4 is 40.7 Å². The van der Waals surface area contributed by atoms with Gasteiger partial charge in [-0.25, -0.2) is 0 Å². The minimum atomic E-state index is -0.827. The van der Waals surface area contributed by atoms with Crippen molar-refractivity contribution in [3.63, 3.8) is 0 Å². The molecule has 0 saturated heterocycles. The van der Waals surface area contributed by atoms with Crippen LogP contribution in [-0.4, -0.2) is 29.6 Å². The Morgan fingerprint density at radius 2 is 1.95 bits per heavy atom. The summed E-state index contributed by atoms with van der Waals surface area (Å²) >= 11 is 11.5. The number of hydrogen-bond acceptors (Lipinski definition) is 3. The first kappa shape index (κ1) is 16.8. The third-order valence-electron chi connectivity index (χ3n) is 2.50. The van der Waals surface area contributed by atoms with Gasteiger partial charge in [0, 0.05) is 12.2 Å². The normalized spacial score (nSPS) is 11.8. The van der Waals surface area contributed by atoms with Crippen LogP contribution in [0.25, 0.3) is 0 Å². The minimum absolute atomic E-state index is 0.0431. The summed E-state index contributed by atoms with van der Waals surface area (Å²) in [6, 6.07) is 4.49. The molecule has 0 heterocycles. The fourth-order valence-corrected chi connectivity index (χ4v) is 1.79. The molecule has 7 heteroatoms. The highest BCUT2D eigenvalue weighted by Crippen LogP contribution is 2.24. The van der Waals surface area contributed by atoms with Gasteiger partial charge in [-0.05, 0) is 24.6 Å². The highest BCUT2D eigenvalue weighted by molar-refractivity contribution is 6.42. The number of aliphatic hydroxyl groups is 1. The van der Waals surface area contributed by atoms with E-state index < -0.39 is 17.9 Å². The fourth-order valence-electron chi connectivity index (χ4n) is 1.49. The Hall–Kier alpha value is -1.30. The molecule has 0 aliphatic carbocycles. The van der Waals surface area contributed by atoms with Crippen LogP contribution >= 0.6 is 23.2 Å². The first-order chi connectivity index (χ1) is 9.43. The second kappa shape index (κ2) is 8.09. The van der Waals surface area contributed by atoms with Crippen molar-refractivity contribution in [2.45, 2.75) is 25.9 Å². The van der Waals surface area contributed by atoms with Gasteiger partial charge in [0.15, 0.2) is 0 Å². The number of halogens is 2. The summed E-state index contributed by atoms with van der Waals surface area (Å²) in [6.45, 7) is 1.96. The maximum absolute atomic E-state index is 11.6. The Labute approximate surface area is 127 Å². The van der Waals surface area contributed by atoms with E-state index in [-0.39, 0.29) is 11.6 Å². The topological polar surface area (TPSA) is 78.4 Å². The van der Waals surface area contributed by atoms with Crippen molar-refractivity contribution in [1.82, 2.24) is 5.32 Å². The average molecular weight is 319 g/mol. The van der Waals surface area contributed by atoms with Gasteiger partial charge in [-0.15, -0.1) is 0 Å². The van der Waals surface area contributed by atoms with Crippen molar-refractivity contribution in [2.24, 2.45) is 0 Å². The molecule has 0 aromatic heterocycles. The molecule has 110 valence electrons. The smallest absolute Gasteiger partial charge is 0.313 e. The molecule has 1 unspecified atom stereocenters. The number of anilines is 1. The summed E-state index contributed by atoms with van der Waals surface area (Å²) in [4.78, 5) is 23.1. The van der Waals surface area contributed by atoms with E-state index in [0.29, 0.717) is 17.1 Å². The molecular formula is C13H16Cl2N2O3. The van der Waals surface area contributed by atoms with E-state index in [4.69, 9.17) is 23.2 Å². The third-order valence-corrected chi connectivity index (χ3v) is 3.24. The molecular weight excluding hydrogens is 303 g/mol. The molecule has 3 N–H and O–H groups in total. The van der Waals surface area contributed by atoms with Crippen molar-refractivity contribution in [3.8, 4) is 0 Å². The third kappa shape index (κ3) is 5.36. The van der Waals surface area contributed by atoms with Gasteiger partial charge in [-0.2, -0.15) is 0 Å². The summed E-state index contributed by atoms with van der Waals surface area (Å²) in [6.07, 6.45) is 0.711. The van der Waals surface area contributed by atoms with Crippen LogP contribution in [-0.2, 0) is 9.59 Å². The minimum Gasteiger partial charge on any atom is -0.391 e. The Balaban J connectivity index is 2.49. The van der Waals surface area contributed by atoms with Gasteiger partial charge in [-0.1, -0.05) is 36.5 Å². The molecule has 1 aromatic carbocycles. The highest BCUT2D eigenvalue weighted by atomic mass is 35.5. The molecule has 0 fully saturated rings. The Kier molecular flexibility index (Phi) is 6.78. The van der Waals surface area contributed by atoms with Crippen LogP contribution in [0.4, 0.5) is 5.69 Å². The summed E-state index contributed by atoms with van der Waals surface area (Å²) in [5.74, 6) is -1.64. The Morgan fingerprint density at radius 1 is 1.25 bits per heavy atom. The molecule has 20 heavy (non-hydrogen) atoms. The first-order valence-electron chi connectivity index (χ1n) is 6.16. The van der Waals surface area contributed by atoms with E-state index in [1.807, 2.05) is 6.92 Å². The second-order valence-corrected chi connectivity index (χ2v) is 5.05. The molecule has 2 amide bonds. The van der Waals surface area contributed by atoms with E-state index in [1.54, 1.807) is 0 Å². The number of aliphatic hydroxyl groups excluding tert-OH is 1. The van der Waals surface area contributed by atoms with Gasteiger partial charge in [0.2, 0.25) is 0 Å². The number of benzene rings is 1. The predicted octanol–water partition coefficient (Wildman–Crippen LogP) is 2.21. The van der Waals surface area contributed by atoms with Crippen LogP contribution in [0.1, 0.15) is 19.8 Å². The van der Waals surface area contributed by atoms with E-state index >= 15 is 0 Å². The lowest BCUT2D eigenvalue weighted by Crippen LogP contribution is -2.39. The zero-order valence-corrected chi connectivity index (χ0v) is 12.5. The highest BCUT2D eigenvalue weighted by Gasteiger charge is 2.15. The molecule has 0 radical (unpaired) electrons. The van der Waals surface area contributed by atoms with Crippen LogP contribution in [0.15, 0.2) is 18.2 Å². The number of rotatable bonds is 5. The lowest BCUT2D eigenvalue weighted by atomic mass is 10.2. The molecule has 1 aromatic rings. The van der Waals surface area contributed by atoms with Crippen LogP contribution in [0.3, 0.4) is 0 Å². The molecule has 1 atom stereocenters. The van der Waals surface area contributed by atoms with Crippen LogP contribution in [0.5, 0.6) is 0 Å². The predicted molar refractivity (Wildman–Crippen MR) is 79.0 cm³/mol. The van der Waals surface area contributed by atoms with Crippen molar-refractivity contribution in [1.29, 1.82) is 0 Å². The Bertz CT molecular complexity index is 495. The number of carbonyl (C=O) groups excluding carboxylic acids is 2. The molecule has 5 nitrogen and oxygen atoms in total. The zero-order valence-electron chi connectivity index (χ0n) is 11.0. The maximum atomic E-state index is 11.6. The van der Waals surface area contributed by atoms with Crippen molar-refractivity contribution in [2.75, 3.05) is 11.9 Å². The average Bonchev–Trinajstić information content (AvgIpc) is 2.40. The number of hydrogen-bond donors (Lipinski definition) is 3. The van der Waals surface area contributed by atoms with Crippen LogP contribution in [0.2, 0.25) is 10.0 Å². The number of nitrogens with one attached hydrogen (secondary N) is 2. The summed E-state index contributed by atoms with van der Waals surface area (Å²) in [5.41, 5.74) is 0.369. The lowest BCUT2D eigenvalue weighted by molar-refractivity contribution is -0.136. The molecule has 0 aliphatic rings. The SMILES string of the molecule is CCCC(O)CNC(=O)C(=O)Nc1ccc(Cl)c(Cl)c1. The molecule has 1 rings (SSSR count). The van der Waals surface area contributed by atoms with Crippen LogP contribution in [0, 0.1) is 0 Å². The first-order valence-corrected chi connectivity index (χ1v) is 6.92. The van der Waals surface area contributed by atoms with E-state index in [1.165, 1.54) is 18.2 Å². The lowest BCUT2D eigenvalue weighted by Gasteiger charge is -2.11. The quantitative estimate of drug-likeness (QED) is 0.728. The van der Waals surface area contributed by atoms with E-state index in [2.05, 4.69) is 10.6 Å². The largest absolute Gasteiger partial charge is 0.391 e. The number of carbonyl (C=O) groups is 2. The summed E-state index contributed by atoms with van der Waals surface area (Å²) in [5, 5.41) is 14.8. The van der Waals surface area contributed by atoms with Crippen molar-refractivity contribution < 1.29 is 14.7 Å². The summed E-state index contributed by atoms with van der Waals surface area (Å²) in [7, 11) is 0. The van der Waals surface area contributed by atoms with Gasteiger partial charge in [0.1, 0.15) is 0 Å². The second-order valence-electron chi connectivity index (χ2n) is 4.24.